The zero-order valence-corrected chi connectivity index (χ0v) is 14.5. The van der Waals surface area contributed by atoms with Gasteiger partial charge in [0.1, 0.15) is 4.90 Å². The van der Waals surface area contributed by atoms with Crippen LogP contribution in [0.3, 0.4) is 0 Å². The van der Waals surface area contributed by atoms with Crippen LogP contribution in [0.15, 0.2) is 29.2 Å². The van der Waals surface area contributed by atoms with E-state index in [1.165, 1.54) is 11.3 Å². The van der Waals surface area contributed by atoms with Crippen LogP contribution in [-0.4, -0.2) is 25.8 Å². The van der Waals surface area contributed by atoms with Gasteiger partial charge >= 0.3 is 0 Å². The van der Waals surface area contributed by atoms with Gasteiger partial charge in [0, 0.05) is 28.1 Å². The summed E-state index contributed by atoms with van der Waals surface area (Å²) in [4.78, 5) is 1.15. The summed E-state index contributed by atoms with van der Waals surface area (Å²) in [6.07, 6.45) is 0.893. The molecule has 0 aliphatic carbocycles. The average Bonchev–Trinajstić information content (AvgIpc) is 2.98. The Labute approximate surface area is 134 Å². The summed E-state index contributed by atoms with van der Waals surface area (Å²) in [7, 11) is -3.48. The van der Waals surface area contributed by atoms with E-state index < -0.39 is 10.0 Å². The third kappa shape index (κ3) is 2.61. The van der Waals surface area contributed by atoms with Crippen molar-refractivity contribution in [3.05, 3.63) is 29.1 Å². The lowest BCUT2D eigenvalue weighted by Gasteiger charge is -2.20. The van der Waals surface area contributed by atoms with Crippen LogP contribution in [0.2, 0.25) is 0 Å². The van der Waals surface area contributed by atoms with Gasteiger partial charge in [-0.05, 0) is 17.9 Å². The minimum Gasteiger partial charge on any atom is -0.207 e. The van der Waals surface area contributed by atoms with E-state index in [4.69, 9.17) is 11.6 Å². The Hall–Kier alpha value is -0.620. The van der Waals surface area contributed by atoms with E-state index in [2.05, 4.69) is 13.8 Å². The molecule has 2 heterocycles. The van der Waals surface area contributed by atoms with Crippen LogP contribution < -0.4 is 0 Å². The summed E-state index contributed by atoms with van der Waals surface area (Å²) in [5.41, 5.74) is 0.0417. The van der Waals surface area contributed by atoms with Crippen molar-refractivity contribution < 1.29 is 8.42 Å². The first-order valence-corrected chi connectivity index (χ1v) is 9.71. The van der Waals surface area contributed by atoms with Crippen molar-refractivity contribution in [2.75, 3.05) is 13.1 Å². The average molecular weight is 344 g/mol. The Morgan fingerprint density at radius 3 is 2.67 bits per heavy atom. The van der Waals surface area contributed by atoms with Crippen LogP contribution in [0.4, 0.5) is 0 Å². The van der Waals surface area contributed by atoms with Gasteiger partial charge in [0.05, 0.1) is 5.88 Å². The van der Waals surface area contributed by atoms with E-state index >= 15 is 0 Å². The lowest BCUT2D eigenvalue weighted by molar-refractivity contribution is 0.375. The molecule has 0 spiro atoms. The minimum atomic E-state index is -3.48. The van der Waals surface area contributed by atoms with Crippen molar-refractivity contribution in [1.29, 1.82) is 0 Å². The van der Waals surface area contributed by atoms with Gasteiger partial charge in [-0.25, -0.2) is 8.42 Å². The van der Waals surface area contributed by atoms with Crippen molar-refractivity contribution in [2.24, 2.45) is 5.41 Å². The molecule has 0 unspecified atom stereocenters. The number of hydrogen-bond donors (Lipinski definition) is 0. The Kier molecular flexibility index (Phi) is 3.81. The molecular formula is C15H18ClNO2S2. The van der Waals surface area contributed by atoms with Crippen LogP contribution >= 0.6 is 22.9 Å². The summed E-state index contributed by atoms with van der Waals surface area (Å²) in [6.45, 7) is 5.37. The fourth-order valence-corrected chi connectivity index (χ4v) is 6.60. The van der Waals surface area contributed by atoms with Crippen LogP contribution in [0.1, 0.15) is 25.1 Å². The molecule has 0 bridgehead atoms. The fraction of sp³-hybridized carbons (Fsp3) is 0.467. The molecule has 1 aliphatic heterocycles. The molecule has 0 amide bonds. The van der Waals surface area contributed by atoms with Gasteiger partial charge in [-0.2, -0.15) is 4.31 Å². The Morgan fingerprint density at radius 1 is 1.33 bits per heavy atom. The normalized spacial score (nSPS) is 19.4. The quantitative estimate of drug-likeness (QED) is 0.788. The lowest BCUT2D eigenvalue weighted by atomic mass is 9.93. The van der Waals surface area contributed by atoms with Crippen molar-refractivity contribution in [3.8, 4) is 0 Å². The first-order valence-electron chi connectivity index (χ1n) is 6.92. The SMILES string of the molecule is CC1(C)CCN(S(=O)(=O)c2c(CCl)sc3ccccc23)C1. The largest absolute Gasteiger partial charge is 0.244 e. The molecule has 1 aliphatic rings. The molecule has 21 heavy (non-hydrogen) atoms. The Bertz CT molecular complexity index is 780. The Morgan fingerprint density at radius 2 is 2.05 bits per heavy atom. The number of alkyl halides is 1. The molecule has 0 saturated carbocycles. The second-order valence-electron chi connectivity index (χ2n) is 6.24. The van der Waals surface area contributed by atoms with E-state index in [9.17, 15) is 8.42 Å². The van der Waals surface area contributed by atoms with E-state index in [0.717, 1.165) is 21.4 Å². The number of hydrogen-bond acceptors (Lipinski definition) is 3. The van der Waals surface area contributed by atoms with Gasteiger partial charge in [-0.3, -0.25) is 0 Å². The third-order valence-electron chi connectivity index (χ3n) is 3.98. The lowest BCUT2D eigenvalue weighted by Crippen LogP contribution is -2.30. The van der Waals surface area contributed by atoms with Crippen molar-refractivity contribution in [3.63, 3.8) is 0 Å². The number of fused-ring (bicyclic) bond motifs is 1. The molecule has 1 aromatic heterocycles. The molecule has 2 aromatic rings. The highest BCUT2D eigenvalue weighted by atomic mass is 35.5. The first-order chi connectivity index (χ1) is 9.85. The standard InChI is InChI=1S/C15H18ClNO2S2/c1-15(2)7-8-17(10-15)21(18,19)14-11-5-3-4-6-12(11)20-13(14)9-16/h3-6H,7-10H2,1-2H3. The maximum absolute atomic E-state index is 13.1. The highest BCUT2D eigenvalue weighted by molar-refractivity contribution is 7.89. The molecule has 1 saturated heterocycles. The van der Waals surface area contributed by atoms with Crippen LogP contribution in [-0.2, 0) is 15.9 Å². The topological polar surface area (TPSA) is 37.4 Å². The van der Waals surface area contributed by atoms with Crippen LogP contribution in [0.25, 0.3) is 10.1 Å². The van der Waals surface area contributed by atoms with Gasteiger partial charge in [-0.1, -0.05) is 32.0 Å². The molecule has 6 heteroatoms. The van der Waals surface area contributed by atoms with E-state index in [-0.39, 0.29) is 11.3 Å². The third-order valence-corrected chi connectivity index (χ3v) is 7.68. The van der Waals surface area contributed by atoms with Crippen LogP contribution in [0.5, 0.6) is 0 Å². The predicted molar refractivity (Wildman–Crippen MR) is 88.5 cm³/mol. The number of halogens is 1. The van der Waals surface area contributed by atoms with Crippen molar-refractivity contribution in [1.82, 2.24) is 4.31 Å². The second-order valence-corrected chi connectivity index (χ2v) is 9.52. The monoisotopic (exact) mass is 343 g/mol. The zero-order chi connectivity index (χ0) is 15.3. The second kappa shape index (κ2) is 5.23. The highest BCUT2D eigenvalue weighted by Gasteiger charge is 2.38. The first kappa shape index (κ1) is 15.3. The maximum Gasteiger partial charge on any atom is 0.244 e. The molecule has 114 valence electrons. The summed E-state index contributed by atoms with van der Waals surface area (Å²) in [6, 6.07) is 7.62. The van der Waals surface area contributed by atoms with Gasteiger partial charge in [0.2, 0.25) is 10.0 Å². The molecule has 1 fully saturated rings. The molecule has 0 radical (unpaired) electrons. The number of thiophene rings is 1. The number of sulfonamides is 1. The fourth-order valence-electron chi connectivity index (χ4n) is 2.84. The highest BCUT2D eigenvalue weighted by Crippen LogP contribution is 2.40. The van der Waals surface area contributed by atoms with Crippen molar-refractivity contribution >= 4 is 43.0 Å². The molecular weight excluding hydrogens is 326 g/mol. The van der Waals surface area contributed by atoms with E-state index in [0.29, 0.717) is 18.0 Å². The smallest absolute Gasteiger partial charge is 0.207 e. The molecule has 0 N–H and O–H groups in total. The maximum atomic E-state index is 13.1. The summed E-state index contributed by atoms with van der Waals surface area (Å²) < 4.78 is 28.7. The summed E-state index contributed by atoms with van der Waals surface area (Å²) in [5, 5.41) is 0.794. The number of nitrogens with zero attached hydrogens (tertiary/aromatic N) is 1. The molecule has 0 atom stereocenters. The van der Waals surface area contributed by atoms with E-state index in [1.807, 2.05) is 24.3 Å². The van der Waals surface area contributed by atoms with E-state index in [1.54, 1.807) is 4.31 Å². The van der Waals surface area contributed by atoms with Gasteiger partial charge in [-0.15, -0.1) is 22.9 Å². The minimum absolute atomic E-state index is 0.0417. The van der Waals surface area contributed by atoms with Crippen LogP contribution in [0, 0.1) is 5.41 Å². The summed E-state index contributed by atoms with van der Waals surface area (Å²) >= 11 is 7.47. The predicted octanol–water partition coefficient (Wildman–Crippen LogP) is 4.06. The molecule has 3 nitrogen and oxygen atoms in total. The van der Waals surface area contributed by atoms with Gasteiger partial charge in [0.15, 0.2) is 0 Å². The summed E-state index contributed by atoms with van der Waals surface area (Å²) in [5.74, 6) is 0.227. The molecule has 1 aromatic carbocycles. The molecule has 3 rings (SSSR count). The van der Waals surface area contributed by atoms with Gasteiger partial charge < -0.3 is 0 Å². The van der Waals surface area contributed by atoms with Gasteiger partial charge in [0.25, 0.3) is 0 Å². The van der Waals surface area contributed by atoms with Crippen molar-refractivity contribution in [2.45, 2.75) is 31.0 Å². The zero-order valence-electron chi connectivity index (χ0n) is 12.1. The Balaban J connectivity index is 2.15. The number of rotatable bonds is 3. The number of benzene rings is 1.